The summed E-state index contributed by atoms with van der Waals surface area (Å²) < 4.78 is 0.286. The van der Waals surface area contributed by atoms with Crippen LogP contribution in [0.25, 0.3) is 0 Å². The first-order valence-corrected chi connectivity index (χ1v) is 4.19. The van der Waals surface area contributed by atoms with Gasteiger partial charge in [-0.3, -0.25) is 14.8 Å². The summed E-state index contributed by atoms with van der Waals surface area (Å²) in [6.07, 6.45) is 1.24. The van der Waals surface area contributed by atoms with Crippen LogP contribution in [0.4, 0.5) is 0 Å². The van der Waals surface area contributed by atoms with Crippen molar-refractivity contribution >= 4 is 21.8 Å². The molecule has 0 aliphatic rings. The Bertz CT molecular complexity index is 399. The van der Waals surface area contributed by atoms with Gasteiger partial charge in [-0.2, -0.15) is 0 Å². The van der Waals surface area contributed by atoms with Crippen LogP contribution in [0.1, 0.15) is 16.1 Å². The van der Waals surface area contributed by atoms with Gasteiger partial charge in [-0.25, -0.2) is 5.48 Å². The van der Waals surface area contributed by atoms with Crippen molar-refractivity contribution in [2.45, 2.75) is 6.92 Å². The minimum absolute atomic E-state index is 0.139. The molecule has 0 aromatic carbocycles. The first kappa shape index (κ1) is 9.94. The average Bonchev–Trinajstić information content (AvgIpc) is 2.13. The number of carbonyl (C=O) groups excluding carboxylic acids is 1. The molecule has 3 N–H and O–H groups in total. The van der Waals surface area contributed by atoms with Crippen molar-refractivity contribution in [2.75, 3.05) is 0 Å². The summed E-state index contributed by atoms with van der Waals surface area (Å²) in [5, 5.41) is 8.31. The molecule has 1 heterocycles. The summed E-state index contributed by atoms with van der Waals surface area (Å²) in [5.74, 6) is -0.832. The van der Waals surface area contributed by atoms with Gasteiger partial charge in [0.25, 0.3) is 5.91 Å². The van der Waals surface area contributed by atoms with Crippen LogP contribution in [0.5, 0.6) is 0 Å². The van der Waals surface area contributed by atoms with E-state index < -0.39 is 11.3 Å². The Hall–Kier alpha value is -1.14. The van der Waals surface area contributed by atoms with E-state index in [0.717, 1.165) is 0 Å². The van der Waals surface area contributed by atoms with E-state index in [9.17, 15) is 9.59 Å². The molecule has 1 amide bonds. The second-order valence-electron chi connectivity index (χ2n) is 2.41. The molecule has 0 aliphatic carbocycles. The van der Waals surface area contributed by atoms with E-state index in [-0.39, 0.29) is 10.0 Å². The molecule has 0 radical (unpaired) electrons. The molecule has 0 saturated heterocycles. The lowest BCUT2D eigenvalue weighted by Crippen LogP contribution is -2.26. The lowest BCUT2D eigenvalue weighted by atomic mass is 10.2. The highest BCUT2D eigenvalue weighted by Crippen LogP contribution is 2.08. The number of hydrogen-bond donors (Lipinski definition) is 3. The van der Waals surface area contributed by atoms with E-state index in [1.165, 1.54) is 11.7 Å². The second-order valence-corrected chi connectivity index (χ2v) is 3.20. The van der Waals surface area contributed by atoms with E-state index in [1.807, 2.05) is 0 Å². The smallest absolute Gasteiger partial charge is 0.280 e. The number of amides is 1. The summed E-state index contributed by atoms with van der Waals surface area (Å²) in [7, 11) is 0. The maximum Gasteiger partial charge on any atom is 0.280 e. The number of rotatable bonds is 1. The zero-order valence-corrected chi connectivity index (χ0v) is 8.31. The first-order valence-electron chi connectivity index (χ1n) is 3.40. The zero-order chi connectivity index (χ0) is 10.0. The second kappa shape index (κ2) is 3.71. The number of hydrogen-bond acceptors (Lipinski definition) is 3. The molecule has 5 nitrogen and oxygen atoms in total. The summed E-state index contributed by atoms with van der Waals surface area (Å²) in [6.45, 7) is 1.69. The first-order chi connectivity index (χ1) is 6.07. The number of aromatic amines is 1. The Morgan fingerprint density at radius 3 is 2.85 bits per heavy atom. The fraction of sp³-hybridized carbons (Fsp3) is 0.143. The number of hydroxylamine groups is 1. The van der Waals surface area contributed by atoms with Gasteiger partial charge in [0.2, 0.25) is 5.43 Å². The van der Waals surface area contributed by atoms with Crippen molar-refractivity contribution in [3.8, 4) is 0 Å². The molecule has 0 aliphatic heterocycles. The van der Waals surface area contributed by atoms with Crippen LogP contribution in [0, 0.1) is 6.92 Å². The van der Waals surface area contributed by atoms with Crippen LogP contribution >= 0.6 is 15.9 Å². The molecule has 0 fully saturated rings. The molecule has 1 rings (SSSR count). The standard InChI is InChI=1S/C7H7BrN2O3/c1-3-5(8)6(11)4(2-9-3)7(12)10-13/h2,13H,1H3,(H,9,11)(H,10,12). The number of H-pyrrole nitrogens is 1. The number of nitrogens with one attached hydrogen (secondary N) is 2. The van der Waals surface area contributed by atoms with Crippen LogP contribution in [0.3, 0.4) is 0 Å². The largest absolute Gasteiger partial charge is 0.363 e. The van der Waals surface area contributed by atoms with Crippen LogP contribution < -0.4 is 10.9 Å². The lowest BCUT2D eigenvalue weighted by molar-refractivity contribution is 0.0704. The monoisotopic (exact) mass is 246 g/mol. The van der Waals surface area contributed by atoms with Gasteiger partial charge in [-0.15, -0.1) is 0 Å². The number of halogens is 1. The third-order valence-electron chi connectivity index (χ3n) is 1.55. The molecule has 6 heteroatoms. The molecule has 1 aromatic rings. The Morgan fingerprint density at radius 2 is 2.31 bits per heavy atom. The maximum absolute atomic E-state index is 11.4. The van der Waals surface area contributed by atoms with Gasteiger partial charge in [-0.1, -0.05) is 0 Å². The highest BCUT2D eigenvalue weighted by molar-refractivity contribution is 9.10. The van der Waals surface area contributed by atoms with Crippen molar-refractivity contribution in [3.05, 3.63) is 32.2 Å². The highest BCUT2D eigenvalue weighted by Gasteiger charge is 2.12. The number of pyridine rings is 1. The van der Waals surface area contributed by atoms with E-state index in [1.54, 1.807) is 6.92 Å². The Kier molecular flexibility index (Phi) is 2.84. The molecule has 1 aromatic heterocycles. The van der Waals surface area contributed by atoms with E-state index in [4.69, 9.17) is 5.21 Å². The van der Waals surface area contributed by atoms with Crippen molar-refractivity contribution < 1.29 is 10.0 Å². The Morgan fingerprint density at radius 1 is 1.69 bits per heavy atom. The summed E-state index contributed by atoms with van der Waals surface area (Å²) in [5.41, 5.74) is 1.42. The quantitative estimate of drug-likeness (QED) is 0.501. The van der Waals surface area contributed by atoms with Crippen molar-refractivity contribution in [2.24, 2.45) is 0 Å². The van der Waals surface area contributed by atoms with Gasteiger partial charge in [-0.05, 0) is 22.9 Å². The van der Waals surface area contributed by atoms with E-state index >= 15 is 0 Å². The van der Waals surface area contributed by atoms with E-state index in [2.05, 4.69) is 20.9 Å². The van der Waals surface area contributed by atoms with Gasteiger partial charge < -0.3 is 4.98 Å². The van der Waals surface area contributed by atoms with Crippen LogP contribution in [-0.4, -0.2) is 16.1 Å². The molecule has 0 saturated carbocycles. The Labute approximate surface area is 81.9 Å². The van der Waals surface area contributed by atoms with Crippen molar-refractivity contribution in [1.29, 1.82) is 0 Å². The van der Waals surface area contributed by atoms with Gasteiger partial charge >= 0.3 is 0 Å². The number of aryl methyl sites for hydroxylation is 1. The SMILES string of the molecule is Cc1[nH]cc(C(=O)NO)c(=O)c1Br. The predicted molar refractivity (Wildman–Crippen MR) is 48.8 cm³/mol. The lowest BCUT2D eigenvalue weighted by Gasteiger charge is -2.00. The highest BCUT2D eigenvalue weighted by atomic mass is 79.9. The molecule has 0 spiro atoms. The minimum atomic E-state index is -0.832. The number of aromatic nitrogens is 1. The topological polar surface area (TPSA) is 82.2 Å². The molecule has 0 bridgehead atoms. The van der Waals surface area contributed by atoms with Crippen LogP contribution in [0.2, 0.25) is 0 Å². The van der Waals surface area contributed by atoms with Gasteiger partial charge in [0, 0.05) is 11.9 Å². The molecule has 0 atom stereocenters. The van der Waals surface area contributed by atoms with Crippen molar-refractivity contribution in [1.82, 2.24) is 10.5 Å². The summed E-state index contributed by atoms with van der Waals surface area (Å²) >= 11 is 3.02. The maximum atomic E-state index is 11.4. The van der Waals surface area contributed by atoms with Crippen LogP contribution in [-0.2, 0) is 0 Å². The third kappa shape index (κ3) is 1.78. The fourth-order valence-electron chi connectivity index (χ4n) is 0.827. The molecular weight excluding hydrogens is 240 g/mol. The fourth-order valence-corrected chi connectivity index (χ4v) is 1.15. The third-order valence-corrected chi connectivity index (χ3v) is 2.51. The normalized spacial score (nSPS) is 9.77. The number of carbonyl (C=O) groups is 1. The predicted octanol–water partition coefficient (Wildman–Crippen LogP) is 0.565. The Balaban J connectivity index is 3.35. The van der Waals surface area contributed by atoms with Gasteiger partial charge in [0.15, 0.2) is 0 Å². The van der Waals surface area contributed by atoms with Gasteiger partial charge in [0.05, 0.1) is 4.47 Å². The molecule has 70 valence electrons. The average molecular weight is 247 g/mol. The molecular formula is C7H7BrN2O3. The molecule has 0 unspecified atom stereocenters. The summed E-state index contributed by atoms with van der Waals surface area (Å²) in [6, 6.07) is 0. The van der Waals surface area contributed by atoms with Gasteiger partial charge in [0.1, 0.15) is 5.56 Å². The van der Waals surface area contributed by atoms with Crippen LogP contribution in [0.15, 0.2) is 15.5 Å². The zero-order valence-electron chi connectivity index (χ0n) is 6.72. The van der Waals surface area contributed by atoms with E-state index in [0.29, 0.717) is 5.69 Å². The van der Waals surface area contributed by atoms with Crippen molar-refractivity contribution in [3.63, 3.8) is 0 Å². The summed E-state index contributed by atoms with van der Waals surface area (Å²) in [4.78, 5) is 25.0. The minimum Gasteiger partial charge on any atom is -0.363 e. The molecule has 13 heavy (non-hydrogen) atoms.